The van der Waals surface area contributed by atoms with Crippen molar-refractivity contribution in [1.29, 1.82) is 0 Å². The maximum Gasteiger partial charge on any atom is 0.303 e. The number of amides is 1. The number of hydrogen-bond acceptors (Lipinski definition) is 3. The summed E-state index contributed by atoms with van der Waals surface area (Å²) in [6.45, 7) is 4.57. The lowest BCUT2D eigenvalue weighted by Gasteiger charge is -2.22. The van der Waals surface area contributed by atoms with Crippen molar-refractivity contribution in [2.45, 2.75) is 45.8 Å². The number of para-hydroxylation sites is 1. The maximum absolute atomic E-state index is 13.4. The van der Waals surface area contributed by atoms with E-state index >= 15 is 0 Å². The summed E-state index contributed by atoms with van der Waals surface area (Å²) in [5.41, 5.74) is 3.11. The van der Waals surface area contributed by atoms with Gasteiger partial charge < -0.3 is 15.2 Å². The highest BCUT2D eigenvalue weighted by molar-refractivity contribution is 5.96. The number of aliphatic carboxylic acids is 1. The molecule has 3 rings (SSSR count). The van der Waals surface area contributed by atoms with E-state index in [-0.39, 0.29) is 24.8 Å². The molecule has 5 heteroatoms. The van der Waals surface area contributed by atoms with Crippen LogP contribution in [-0.2, 0) is 17.8 Å². The number of rotatable bonds is 11. The summed E-state index contributed by atoms with van der Waals surface area (Å²) in [5, 5.41) is 12.3. The fraction of sp³-hybridized carbons (Fsp3) is 0.286. The summed E-state index contributed by atoms with van der Waals surface area (Å²) in [4.78, 5) is 24.5. The fourth-order valence-corrected chi connectivity index (χ4v) is 3.74. The molecule has 3 aromatic rings. The van der Waals surface area contributed by atoms with Gasteiger partial charge in [-0.3, -0.25) is 9.59 Å². The van der Waals surface area contributed by atoms with Crippen LogP contribution in [0, 0.1) is 5.92 Å². The molecular formula is C28H31NO4. The lowest BCUT2D eigenvalue weighted by atomic mass is 9.95. The average molecular weight is 446 g/mol. The predicted octanol–water partition coefficient (Wildman–Crippen LogP) is 5.80. The van der Waals surface area contributed by atoms with Gasteiger partial charge in [0.15, 0.2) is 0 Å². The van der Waals surface area contributed by atoms with Crippen molar-refractivity contribution >= 4 is 11.9 Å². The molecule has 3 aromatic carbocycles. The van der Waals surface area contributed by atoms with Gasteiger partial charge in [-0.1, -0.05) is 74.5 Å². The van der Waals surface area contributed by atoms with Crippen molar-refractivity contribution < 1.29 is 19.4 Å². The number of carboxylic acid groups (broad SMARTS) is 1. The van der Waals surface area contributed by atoms with Crippen LogP contribution in [0.1, 0.15) is 59.8 Å². The summed E-state index contributed by atoms with van der Waals surface area (Å²) < 4.78 is 5.84. The third-order valence-electron chi connectivity index (χ3n) is 5.39. The summed E-state index contributed by atoms with van der Waals surface area (Å²) >= 11 is 0. The minimum atomic E-state index is -0.889. The minimum Gasteiger partial charge on any atom is -0.489 e. The third kappa shape index (κ3) is 7.49. The van der Waals surface area contributed by atoms with Crippen molar-refractivity contribution in [1.82, 2.24) is 5.32 Å². The topological polar surface area (TPSA) is 75.6 Å². The Morgan fingerprint density at radius 1 is 0.939 bits per heavy atom. The molecule has 0 heterocycles. The number of aryl methyl sites for hydroxylation is 1. The first kappa shape index (κ1) is 24.1. The van der Waals surface area contributed by atoms with Gasteiger partial charge in [0.05, 0.1) is 6.04 Å². The Morgan fingerprint density at radius 2 is 1.61 bits per heavy atom. The molecule has 1 amide bonds. The van der Waals surface area contributed by atoms with E-state index in [0.717, 1.165) is 28.9 Å². The zero-order valence-electron chi connectivity index (χ0n) is 19.2. The van der Waals surface area contributed by atoms with Crippen LogP contribution in [0.3, 0.4) is 0 Å². The number of carbonyl (C=O) groups excluding carboxylic acids is 1. The fourth-order valence-electron chi connectivity index (χ4n) is 3.74. The molecule has 0 bridgehead atoms. The first-order valence-electron chi connectivity index (χ1n) is 11.3. The van der Waals surface area contributed by atoms with E-state index in [2.05, 4.69) is 19.2 Å². The Hall–Kier alpha value is -3.60. The molecule has 0 aliphatic heterocycles. The van der Waals surface area contributed by atoms with Gasteiger partial charge in [0.2, 0.25) is 0 Å². The van der Waals surface area contributed by atoms with Gasteiger partial charge in [-0.2, -0.15) is 0 Å². The molecule has 2 N–H and O–H groups in total. The zero-order valence-corrected chi connectivity index (χ0v) is 19.2. The van der Waals surface area contributed by atoms with E-state index < -0.39 is 5.97 Å². The van der Waals surface area contributed by atoms with E-state index in [1.54, 1.807) is 0 Å². The summed E-state index contributed by atoms with van der Waals surface area (Å²) in [6, 6.07) is 24.8. The number of benzene rings is 3. The van der Waals surface area contributed by atoms with Crippen LogP contribution in [0.15, 0.2) is 78.9 Å². The third-order valence-corrected chi connectivity index (χ3v) is 5.39. The average Bonchev–Trinajstić information content (AvgIpc) is 2.82. The summed E-state index contributed by atoms with van der Waals surface area (Å²) in [7, 11) is 0. The van der Waals surface area contributed by atoms with Gasteiger partial charge in [-0.05, 0) is 53.6 Å². The van der Waals surface area contributed by atoms with Gasteiger partial charge in [0.25, 0.3) is 5.91 Å². The van der Waals surface area contributed by atoms with Crippen molar-refractivity contribution in [2.24, 2.45) is 5.92 Å². The molecular weight excluding hydrogens is 414 g/mol. The highest BCUT2D eigenvalue weighted by Crippen LogP contribution is 2.23. The molecule has 5 nitrogen and oxygen atoms in total. The molecule has 0 saturated heterocycles. The molecule has 0 aliphatic carbocycles. The largest absolute Gasteiger partial charge is 0.489 e. The maximum atomic E-state index is 13.4. The quantitative estimate of drug-likeness (QED) is 0.391. The lowest BCUT2D eigenvalue weighted by Crippen LogP contribution is -2.30. The molecule has 0 aromatic heterocycles. The van der Waals surface area contributed by atoms with Gasteiger partial charge in [0, 0.05) is 12.0 Å². The van der Waals surface area contributed by atoms with Crippen molar-refractivity contribution in [3.63, 3.8) is 0 Å². The van der Waals surface area contributed by atoms with Crippen LogP contribution < -0.4 is 10.1 Å². The van der Waals surface area contributed by atoms with E-state index in [4.69, 9.17) is 9.84 Å². The Labute approximate surface area is 195 Å². The Balaban J connectivity index is 1.84. The molecule has 0 saturated carbocycles. The van der Waals surface area contributed by atoms with Gasteiger partial charge in [-0.25, -0.2) is 0 Å². The highest BCUT2D eigenvalue weighted by Gasteiger charge is 2.20. The molecule has 1 unspecified atom stereocenters. The van der Waals surface area contributed by atoms with Crippen LogP contribution in [0.5, 0.6) is 5.75 Å². The SMILES string of the molecule is CC(C)CC(NC(=O)c1cc(COc2ccccc2)ccc1CCC(=O)O)c1ccccc1. The van der Waals surface area contributed by atoms with Crippen LogP contribution >= 0.6 is 0 Å². The van der Waals surface area contributed by atoms with Crippen molar-refractivity contribution in [3.8, 4) is 5.75 Å². The number of ether oxygens (including phenoxy) is 1. The van der Waals surface area contributed by atoms with Crippen LogP contribution in [-0.4, -0.2) is 17.0 Å². The second-order valence-corrected chi connectivity index (χ2v) is 8.55. The predicted molar refractivity (Wildman–Crippen MR) is 129 cm³/mol. The monoisotopic (exact) mass is 445 g/mol. The van der Waals surface area contributed by atoms with E-state index in [0.29, 0.717) is 18.1 Å². The first-order chi connectivity index (χ1) is 15.9. The Kier molecular flexibility index (Phi) is 8.64. The van der Waals surface area contributed by atoms with Crippen molar-refractivity contribution in [2.75, 3.05) is 0 Å². The standard InChI is InChI=1S/C28H31NO4/c1-20(2)17-26(23-9-5-3-6-10-23)29-28(32)25-18-21(13-14-22(25)15-16-27(30)31)19-33-24-11-7-4-8-12-24/h3-14,18,20,26H,15-17,19H2,1-2H3,(H,29,32)(H,30,31). The normalized spacial score (nSPS) is 11.7. The smallest absolute Gasteiger partial charge is 0.303 e. The van der Waals surface area contributed by atoms with Crippen LogP contribution in [0.4, 0.5) is 0 Å². The zero-order chi connectivity index (χ0) is 23.6. The molecule has 0 spiro atoms. The van der Waals surface area contributed by atoms with Crippen LogP contribution in [0.25, 0.3) is 0 Å². The number of hydrogen-bond donors (Lipinski definition) is 2. The van der Waals surface area contributed by atoms with Gasteiger partial charge >= 0.3 is 5.97 Å². The van der Waals surface area contributed by atoms with E-state index in [1.807, 2.05) is 78.9 Å². The molecule has 1 atom stereocenters. The number of nitrogens with one attached hydrogen (secondary N) is 1. The van der Waals surface area contributed by atoms with E-state index in [1.165, 1.54) is 0 Å². The van der Waals surface area contributed by atoms with E-state index in [9.17, 15) is 9.59 Å². The second-order valence-electron chi connectivity index (χ2n) is 8.55. The first-order valence-corrected chi connectivity index (χ1v) is 11.3. The molecule has 0 radical (unpaired) electrons. The number of carbonyl (C=O) groups is 2. The minimum absolute atomic E-state index is 0.0335. The second kappa shape index (κ2) is 11.9. The summed E-state index contributed by atoms with van der Waals surface area (Å²) in [5.74, 6) is 0.0541. The molecule has 0 aliphatic rings. The molecule has 172 valence electrons. The molecule has 33 heavy (non-hydrogen) atoms. The Morgan fingerprint density at radius 3 is 2.24 bits per heavy atom. The Bertz CT molecular complexity index is 1050. The van der Waals surface area contributed by atoms with Gasteiger partial charge in [-0.15, -0.1) is 0 Å². The van der Waals surface area contributed by atoms with Crippen LogP contribution in [0.2, 0.25) is 0 Å². The summed E-state index contributed by atoms with van der Waals surface area (Å²) in [6.07, 6.45) is 1.06. The molecule has 0 fully saturated rings. The lowest BCUT2D eigenvalue weighted by molar-refractivity contribution is -0.136. The number of carboxylic acids is 1. The highest BCUT2D eigenvalue weighted by atomic mass is 16.5. The van der Waals surface area contributed by atoms with Gasteiger partial charge in [0.1, 0.15) is 12.4 Å². The van der Waals surface area contributed by atoms with Crippen molar-refractivity contribution in [3.05, 3.63) is 101 Å².